The lowest BCUT2D eigenvalue weighted by atomic mass is 10.0. The summed E-state index contributed by atoms with van der Waals surface area (Å²) in [7, 11) is 1.86. The summed E-state index contributed by atoms with van der Waals surface area (Å²) in [6.45, 7) is 13.6. The Morgan fingerprint density at radius 1 is 1.18 bits per heavy atom. The minimum Gasteiger partial charge on any atom is -0.379 e. The van der Waals surface area contributed by atoms with Gasteiger partial charge in [0.1, 0.15) is 6.10 Å². The average molecular weight is 502 g/mol. The number of aryl methyl sites for hydroxylation is 1. The molecule has 158 valence electrons. The normalized spacial score (nSPS) is 21.9. The van der Waals surface area contributed by atoms with Gasteiger partial charge in [-0.3, -0.25) is 9.89 Å². The maximum absolute atomic E-state index is 6.06. The summed E-state index contributed by atoms with van der Waals surface area (Å²) < 4.78 is 11.6. The molecule has 0 aromatic heterocycles. The number of hydrogen-bond donors (Lipinski definition) is 1. The van der Waals surface area contributed by atoms with Crippen LogP contribution in [0.25, 0.3) is 0 Å². The number of guanidine groups is 1. The summed E-state index contributed by atoms with van der Waals surface area (Å²) >= 11 is 0. The molecule has 0 radical (unpaired) electrons. The molecule has 1 unspecified atom stereocenters. The maximum Gasteiger partial charge on any atom is 0.193 e. The van der Waals surface area contributed by atoms with Crippen LogP contribution in [-0.4, -0.2) is 80.9 Å². The highest BCUT2D eigenvalue weighted by Crippen LogP contribution is 2.25. The second-order valence-corrected chi connectivity index (χ2v) is 7.97. The van der Waals surface area contributed by atoms with Crippen LogP contribution in [0, 0.1) is 6.92 Å². The van der Waals surface area contributed by atoms with Crippen molar-refractivity contribution in [2.24, 2.45) is 4.99 Å². The fourth-order valence-electron chi connectivity index (χ4n) is 3.89. The highest BCUT2D eigenvalue weighted by atomic mass is 127. The van der Waals surface area contributed by atoms with Gasteiger partial charge in [-0.1, -0.05) is 24.3 Å². The number of rotatable bonds is 4. The van der Waals surface area contributed by atoms with Crippen molar-refractivity contribution in [1.29, 1.82) is 0 Å². The number of hydrogen-bond acceptors (Lipinski definition) is 4. The van der Waals surface area contributed by atoms with Crippen molar-refractivity contribution in [3.05, 3.63) is 35.4 Å². The van der Waals surface area contributed by atoms with E-state index in [4.69, 9.17) is 9.47 Å². The molecule has 0 saturated carbocycles. The van der Waals surface area contributed by atoms with Gasteiger partial charge >= 0.3 is 0 Å². The van der Waals surface area contributed by atoms with E-state index in [1.165, 1.54) is 11.1 Å². The van der Waals surface area contributed by atoms with E-state index in [0.29, 0.717) is 6.61 Å². The van der Waals surface area contributed by atoms with Crippen LogP contribution in [-0.2, 0) is 9.47 Å². The highest BCUT2D eigenvalue weighted by Gasteiger charge is 2.30. The Bertz CT molecular complexity index is 647. The highest BCUT2D eigenvalue weighted by molar-refractivity contribution is 14.0. The van der Waals surface area contributed by atoms with Crippen molar-refractivity contribution < 1.29 is 9.47 Å². The number of nitrogens with zero attached hydrogens (tertiary/aromatic N) is 3. The van der Waals surface area contributed by atoms with Gasteiger partial charge < -0.3 is 19.7 Å². The molecule has 1 atom stereocenters. The second-order valence-electron chi connectivity index (χ2n) is 7.97. The summed E-state index contributed by atoms with van der Waals surface area (Å²) in [6, 6.07) is 8.48. The standard InChI is InChI=1S/C21H34N4O2.HI/c1-17-7-5-6-8-18(17)19-15-24(9-14-27-19)20(22-4)23-16-21(2,3)25-10-12-26-13-11-25;/h5-8,19H,9-16H2,1-4H3,(H,22,23);1H. The first-order valence-electron chi connectivity index (χ1n) is 9.97. The van der Waals surface area contributed by atoms with Crippen molar-refractivity contribution in [1.82, 2.24) is 15.1 Å². The van der Waals surface area contributed by atoms with Crippen LogP contribution in [0.3, 0.4) is 0 Å². The van der Waals surface area contributed by atoms with E-state index >= 15 is 0 Å². The van der Waals surface area contributed by atoms with Gasteiger partial charge in [0, 0.05) is 38.8 Å². The first kappa shape index (κ1) is 23.4. The maximum atomic E-state index is 6.06. The Kier molecular flexibility index (Phi) is 8.98. The molecular formula is C21H35IN4O2. The SMILES string of the molecule is CN=C(NCC(C)(C)N1CCOCC1)N1CCOC(c2ccccc2C)C1.I. The van der Waals surface area contributed by atoms with Crippen LogP contribution in [0.15, 0.2) is 29.3 Å². The molecule has 1 N–H and O–H groups in total. The predicted molar refractivity (Wildman–Crippen MR) is 125 cm³/mol. The predicted octanol–water partition coefficient (Wildman–Crippen LogP) is 2.67. The second kappa shape index (κ2) is 10.8. The summed E-state index contributed by atoms with van der Waals surface area (Å²) in [4.78, 5) is 9.35. The smallest absolute Gasteiger partial charge is 0.193 e. The van der Waals surface area contributed by atoms with E-state index < -0.39 is 0 Å². The molecule has 0 aliphatic carbocycles. The van der Waals surface area contributed by atoms with E-state index in [1.54, 1.807) is 0 Å². The molecular weight excluding hydrogens is 467 g/mol. The number of nitrogens with one attached hydrogen (secondary N) is 1. The molecule has 7 heteroatoms. The molecule has 2 fully saturated rings. The Hall–Kier alpha value is -0.900. The zero-order valence-corrected chi connectivity index (χ0v) is 19.9. The molecule has 0 spiro atoms. The summed E-state index contributed by atoms with van der Waals surface area (Å²) in [6.07, 6.45) is 0.0887. The number of benzene rings is 1. The summed E-state index contributed by atoms with van der Waals surface area (Å²) in [5.41, 5.74) is 2.61. The Balaban J connectivity index is 0.00000280. The number of ether oxygens (including phenoxy) is 2. The van der Waals surface area contributed by atoms with Gasteiger partial charge in [0.15, 0.2) is 5.96 Å². The van der Waals surface area contributed by atoms with E-state index in [1.807, 2.05) is 7.05 Å². The third-order valence-electron chi connectivity index (χ3n) is 5.66. The average Bonchev–Trinajstić information content (AvgIpc) is 2.70. The van der Waals surface area contributed by atoms with Gasteiger partial charge in [-0.2, -0.15) is 0 Å². The van der Waals surface area contributed by atoms with E-state index in [-0.39, 0.29) is 35.6 Å². The van der Waals surface area contributed by atoms with Crippen LogP contribution >= 0.6 is 24.0 Å². The van der Waals surface area contributed by atoms with E-state index in [0.717, 1.165) is 51.9 Å². The summed E-state index contributed by atoms with van der Waals surface area (Å²) in [5.74, 6) is 0.957. The molecule has 3 rings (SSSR count). The van der Waals surface area contributed by atoms with Crippen molar-refractivity contribution in [3.63, 3.8) is 0 Å². The van der Waals surface area contributed by atoms with Crippen molar-refractivity contribution in [2.45, 2.75) is 32.4 Å². The van der Waals surface area contributed by atoms with Crippen molar-refractivity contribution in [3.8, 4) is 0 Å². The zero-order chi connectivity index (χ0) is 19.3. The van der Waals surface area contributed by atoms with Crippen molar-refractivity contribution >= 4 is 29.9 Å². The van der Waals surface area contributed by atoms with Crippen LogP contribution in [0.5, 0.6) is 0 Å². The van der Waals surface area contributed by atoms with Gasteiger partial charge in [0.25, 0.3) is 0 Å². The van der Waals surface area contributed by atoms with Gasteiger partial charge in [-0.05, 0) is 31.9 Å². The van der Waals surface area contributed by atoms with Crippen LogP contribution < -0.4 is 5.32 Å². The zero-order valence-electron chi connectivity index (χ0n) is 17.6. The minimum atomic E-state index is 0. The van der Waals surface area contributed by atoms with E-state index in [2.05, 4.69) is 65.1 Å². The third-order valence-corrected chi connectivity index (χ3v) is 5.66. The lowest BCUT2D eigenvalue weighted by molar-refractivity contribution is -0.0128. The Morgan fingerprint density at radius 2 is 1.89 bits per heavy atom. The molecule has 0 amide bonds. The summed E-state index contributed by atoms with van der Waals surface area (Å²) in [5, 5.41) is 3.60. The molecule has 2 aliphatic rings. The molecule has 2 saturated heterocycles. The molecule has 0 bridgehead atoms. The van der Waals surface area contributed by atoms with Crippen LogP contribution in [0.4, 0.5) is 0 Å². The van der Waals surface area contributed by atoms with Crippen LogP contribution in [0.2, 0.25) is 0 Å². The fourth-order valence-corrected chi connectivity index (χ4v) is 3.89. The lowest BCUT2D eigenvalue weighted by Gasteiger charge is -2.42. The van der Waals surface area contributed by atoms with Crippen molar-refractivity contribution in [2.75, 3.05) is 59.6 Å². The van der Waals surface area contributed by atoms with Gasteiger partial charge in [-0.15, -0.1) is 24.0 Å². The Labute approximate surface area is 186 Å². The first-order valence-corrected chi connectivity index (χ1v) is 9.97. The lowest BCUT2D eigenvalue weighted by Crippen LogP contribution is -2.57. The van der Waals surface area contributed by atoms with Gasteiger partial charge in [-0.25, -0.2) is 0 Å². The topological polar surface area (TPSA) is 49.3 Å². The molecule has 1 aromatic rings. The molecule has 6 nitrogen and oxygen atoms in total. The molecule has 28 heavy (non-hydrogen) atoms. The molecule has 2 heterocycles. The number of halogens is 1. The largest absolute Gasteiger partial charge is 0.379 e. The minimum absolute atomic E-state index is 0. The first-order chi connectivity index (χ1) is 13.0. The fraction of sp³-hybridized carbons (Fsp3) is 0.667. The Morgan fingerprint density at radius 3 is 2.57 bits per heavy atom. The van der Waals surface area contributed by atoms with Crippen LogP contribution in [0.1, 0.15) is 31.1 Å². The molecule has 1 aromatic carbocycles. The number of morpholine rings is 2. The van der Waals surface area contributed by atoms with Gasteiger partial charge in [0.2, 0.25) is 0 Å². The molecule has 2 aliphatic heterocycles. The third kappa shape index (κ3) is 5.81. The van der Waals surface area contributed by atoms with E-state index in [9.17, 15) is 0 Å². The van der Waals surface area contributed by atoms with Gasteiger partial charge in [0.05, 0.1) is 26.4 Å². The number of aliphatic imine (C=N–C) groups is 1. The monoisotopic (exact) mass is 502 g/mol. The quantitative estimate of drug-likeness (QED) is 0.390.